The Morgan fingerprint density at radius 2 is 2.05 bits per heavy atom. The Hall–Kier alpha value is -1.23. The molecule has 1 atom stereocenters. The second-order valence-corrected chi connectivity index (χ2v) is 5.16. The number of aromatic nitrogens is 3. The highest BCUT2D eigenvalue weighted by atomic mass is 15.2. The largest absolute Gasteiger partial charge is 0.353 e. The van der Waals surface area contributed by atoms with Crippen LogP contribution in [-0.2, 0) is 12.8 Å². The number of hydrogen-bond donors (Lipinski definition) is 2. The zero-order chi connectivity index (χ0) is 13.5. The predicted molar refractivity (Wildman–Crippen MR) is 77.3 cm³/mol. The molecule has 0 bridgehead atoms. The summed E-state index contributed by atoms with van der Waals surface area (Å²) in [4.78, 5) is 4.54. The molecule has 2 rings (SSSR count). The highest BCUT2D eigenvalue weighted by molar-refractivity contribution is 5.25. The Morgan fingerprint density at radius 3 is 2.74 bits per heavy atom. The van der Waals surface area contributed by atoms with E-state index in [1.165, 1.54) is 25.8 Å². The highest BCUT2D eigenvalue weighted by Gasteiger charge is 2.12. The summed E-state index contributed by atoms with van der Waals surface area (Å²) in [7, 11) is 0. The van der Waals surface area contributed by atoms with Crippen LogP contribution in [0.25, 0.3) is 0 Å². The first-order valence-electron chi connectivity index (χ1n) is 7.50. The molecule has 2 heterocycles. The minimum absolute atomic E-state index is 0.679. The molecule has 1 saturated heterocycles. The molecule has 1 aliphatic heterocycles. The third-order valence-corrected chi connectivity index (χ3v) is 3.74. The fourth-order valence-electron chi connectivity index (χ4n) is 2.57. The molecule has 0 spiro atoms. The summed E-state index contributed by atoms with van der Waals surface area (Å²) in [5.41, 5.74) is 2.09. The van der Waals surface area contributed by atoms with Gasteiger partial charge in [-0.05, 0) is 51.1 Å². The lowest BCUT2D eigenvalue weighted by Gasteiger charge is -2.22. The molecule has 0 aliphatic carbocycles. The van der Waals surface area contributed by atoms with E-state index in [0.29, 0.717) is 5.95 Å². The maximum atomic E-state index is 4.54. The van der Waals surface area contributed by atoms with E-state index in [1.807, 2.05) is 0 Å². The lowest BCUT2D eigenvalue weighted by Crippen LogP contribution is -2.30. The molecule has 0 aromatic carbocycles. The second kappa shape index (κ2) is 7.38. The number of hydrogen-bond acceptors (Lipinski definition) is 5. The van der Waals surface area contributed by atoms with Gasteiger partial charge in [0.2, 0.25) is 5.95 Å². The highest BCUT2D eigenvalue weighted by Crippen LogP contribution is 2.14. The van der Waals surface area contributed by atoms with Crippen LogP contribution in [0.5, 0.6) is 0 Å². The van der Waals surface area contributed by atoms with Crippen LogP contribution in [0, 0.1) is 5.92 Å². The van der Waals surface area contributed by atoms with Crippen molar-refractivity contribution in [2.24, 2.45) is 5.92 Å². The van der Waals surface area contributed by atoms with Gasteiger partial charge in [-0.25, -0.2) is 4.98 Å². The van der Waals surface area contributed by atoms with E-state index in [4.69, 9.17) is 0 Å². The maximum Gasteiger partial charge on any atom is 0.242 e. The Balaban J connectivity index is 1.81. The Labute approximate surface area is 115 Å². The number of piperidine rings is 1. The van der Waals surface area contributed by atoms with Gasteiger partial charge >= 0.3 is 0 Å². The molecule has 1 aromatic rings. The van der Waals surface area contributed by atoms with Crippen molar-refractivity contribution in [3.8, 4) is 0 Å². The van der Waals surface area contributed by atoms with Gasteiger partial charge in [0.25, 0.3) is 0 Å². The summed E-state index contributed by atoms with van der Waals surface area (Å²) in [5.74, 6) is 1.47. The molecule has 2 N–H and O–H groups in total. The molecule has 0 saturated carbocycles. The molecule has 1 fully saturated rings. The van der Waals surface area contributed by atoms with Gasteiger partial charge in [0.15, 0.2) is 0 Å². The average Bonchev–Trinajstić information content (AvgIpc) is 2.48. The normalized spacial score (nSPS) is 19.4. The van der Waals surface area contributed by atoms with Crippen LogP contribution in [0.3, 0.4) is 0 Å². The van der Waals surface area contributed by atoms with E-state index >= 15 is 0 Å². The van der Waals surface area contributed by atoms with Gasteiger partial charge in [0, 0.05) is 6.54 Å². The van der Waals surface area contributed by atoms with Crippen molar-refractivity contribution in [3.63, 3.8) is 0 Å². The predicted octanol–water partition coefficient (Wildman–Crippen LogP) is 1.80. The summed E-state index contributed by atoms with van der Waals surface area (Å²) >= 11 is 0. The van der Waals surface area contributed by atoms with Crippen LogP contribution in [-0.4, -0.2) is 34.8 Å². The van der Waals surface area contributed by atoms with Crippen molar-refractivity contribution >= 4 is 5.95 Å². The molecule has 0 amide bonds. The molecular weight excluding hydrogens is 238 g/mol. The molecule has 1 unspecified atom stereocenters. The molecule has 5 heteroatoms. The first-order valence-corrected chi connectivity index (χ1v) is 7.50. The van der Waals surface area contributed by atoms with E-state index in [2.05, 4.69) is 39.7 Å². The van der Waals surface area contributed by atoms with Crippen molar-refractivity contribution in [2.45, 2.75) is 46.0 Å². The molecule has 5 nitrogen and oxygen atoms in total. The standard InChI is InChI=1S/C14H25N5/c1-3-12-13(4-2)18-19-14(17-12)16-9-7-11-6-5-8-15-10-11/h11,15H,3-10H2,1-2H3,(H,16,17,19). The number of rotatable bonds is 6. The van der Waals surface area contributed by atoms with E-state index in [-0.39, 0.29) is 0 Å². The maximum absolute atomic E-state index is 4.54. The third kappa shape index (κ3) is 4.13. The number of aryl methyl sites for hydroxylation is 2. The SMILES string of the molecule is CCc1nnc(NCCC2CCCNC2)nc1CC. The van der Waals surface area contributed by atoms with Crippen molar-refractivity contribution in [1.29, 1.82) is 0 Å². The van der Waals surface area contributed by atoms with Crippen LogP contribution < -0.4 is 10.6 Å². The first-order chi connectivity index (χ1) is 9.33. The second-order valence-electron chi connectivity index (χ2n) is 5.16. The molecular formula is C14H25N5. The quantitative estimate of drug-likeness (QED) is 0.819. The van der Waals surface area contributed by atoms with E-state index in [1.54, 1.807) is 0 Å². The van der Waals surface area contributed by atoms with Gasteiger partial charge in [-0.3, -0.25) is 0 Å². The topological polar surface area (TPSA) is 62.7 Å². The van der Waals surface area contributed by atoms with Gasteiger partial charge in [-0.1, -0.05) is 13.8 Å². The summed E-state index contributed by atoms with van der Waals surface area (Å²) in [6, 6.07) is 0. The van der Waals surface area contributed by atoms with Crippen molar-refractivity contribution in [3.05, 3.63) is 11.4 Å². The number of nitrogens with one attached hydrogen (secondary N) is 2. The van der Waals surface area contributed by atoms with Gasteiger partial charge in [0.05, 0.1) is 11.4 Å². The van der Waals surface area contributed by atoms with Crippen molar-refractivity contribution in [2.75, 3.05) is 25.0 Å². The fraction of sp³-hybridized carbons (Fsp3) is 0.786. The Morgan fingerprint density at radius 1 is 1.21 bits per heavy atom. The molecule has 19 heavy (non-hydrogen) atoms. The summed E-state index contributed by atoms with van der Waals surface area (Å²) in [6.07, 6.45) is 5.63. The zero-order valence-corrected chi connectivity index (χ0v) is 12.1. The zero-order valence-electron chi connectivity index (χ0n) is 12.1. The van der Waals surface area contributed by atoms with Crippen LogP contribution in [0.2, 0.25) is 0 Å². The minimum Gasteiger partial charge on any atom is -0.353 e. The molecule has 0 radical (unpaired) electrons. The van der Waals surface area contributed by atoms with E-state index in [9.17, 15) is 0 Å². The summed E-state index contributed by atoms with van der Waals surface area (Å²) in [6.45, 7) is 7.46. The van der Waals surface area contributed by atoms with Crippen LogP contribution in [0.15, 0.2) is 0 Å². The van der Waals surface area contributed by atoms with E-state index < -0.39 is 0 Å². The summed E-state index contributed by atoms with van der Waals surface area (Å²) in [5, 5.41) is 15.1. The van der Waals surface area contributed by atoms with Gasteiger partial charge in [-0.15, -0.1) is 5.10 Å². The minimum atomic E-state index is 0.679. The number of anilines is 1. The fourth-order valence-corrected chi connectivity index (χ4v) is 2.57. The molecule has 1 aromatic heterocycles. The summed E-state index contributed by atoms with van der Waals surface area (Å²) < 4.78 is 0. The van der Waals surface area contributed by atoms with Crippen molar-refractivity contribution in [1.82, 2.24) is 20.5 Å². The van der Waals surface area contributed by atoms with Crippen molar-refractivity contribution < 1.29 is 0 Å². The van der Waals surface area contributed by atoms with Gasteiger partial charge < -0.3 is 10.6 Å². The monoisotopic (exact) mass is 263 g/mol. The lowest BCUT2D eigenvalue weighted by molar-refractivity contribution is 0.364. The van der Waals surface area contributed by atoms with Gasteiger partial charge in [-0.2, -0.15) is 5.10 Å². The first kappa shape index (κ1) is 14.2. The third-order valence-electron chi connectivity index (χ3n) is 3.74. The Bertz CT molecular complexity index is 387. The van der Waals surface area contributed by atoms with E-state index in [0.717, 1.165) is 43.2 Å². The lowest BCUT2D eigenvalue weighted by atomic mass is 9.96. The molecule has 106 valence electrons. The molecule has 1 aliphatic rings. The van der Waals surface area contributed by atoms with Crippen LogP contribution in [0.4, 0.5) is 5.95 Å². The van der Waals surface area contributed by atoms with Crippen LogP contribution >= 0.6 is 0 Å². The number of nitrogens with zero attached hydrogens (tertiary/aromatic N) is 3. The van der Waals surface area contributed by atoms with Gasteiger partial charge in [0.1, 0.15) is 0 Å². The average molecular weight is 263 g/mol. The van der Waals surface area contributed by atoms with Crippen LogP contribution in [0.1, 0.15) is 44.5 Å². The smallest absolute Gasteiger partial charge is 0.242 e. The Kier molecular flexibility index (Phi) is 5.51.